The minimum absolute atomic E-state index is 0. The highest BCUT2D eigenvalue weighted by atomic mass is 127. The fraction of sp³-hybridized carbons (Fsp3) is 0.350. The van der Waals surface area contributed by atoms with E-state index in [0.717, 1.165) is 12.1 Å². The molecular weight excluding hydrogens is 473 g/mol. The van der Waals surface area contributed by atoms with Gasteiger partial charge in [-0.3, -0.25) is 0 Å². The van der Waals surface area contributed by atoms with Gasteiger partial charge in [-0.1, -0.05) is 48.0 Å². The van der Waals surface area contributed by atoms with Crippen LogP contribution < -0.4 is 10.6 Å². The Balaban J connectivity index is 0.00000364. The second-order valence-corrected chi connectivity index (χ2v) is 8.20. The molecule has 0 aliphatic heterocycles. The SMILES string of the molecule is CCNC(=NCc1ccc(C)cc1)NCCCS(=O)(=O)c1ccccc1.I. The summed E-state index contributed by atoms with van der Waals surface area (Å²) in [6.45, 7) is 5.94. The van der Waals surface area contributed by atoms with Gasteiger partial charge in [-0.15, -0.1) is 24.0 Å². The second kappa shape index (κ2) is 12.0. The first kappa shape index (κ1) is 23.4. The summed E-state index contributed by atoms with van der Waals surface area (Å²) in [6, 6.07) is 16.8. The van der Waals surface area contributed by atoms with Gasteiger partial charge in [0.15, 0.2) is 15.8 Å². The first-order valence-corrected chi connectivity index (χ1v) is 10.5. The van der Waals surface area contributed by atoms with E-state index in [1.807, 2.05) is 13.0 Å². The molecule has 2 aromatic rings. The van der Waals surface area contributed by atoms with Gasteiger partial charge >= 0.3 is 0 Å². The van der Waals surface area contributed by atoms with E-state index < -0.39 is 9.84 Å². The van der Waals surface area contributed by atoms with E-state index in [9.17, 15) is 8.42 Å². The lowest BCUT2D eigenvalue weighted by atomic mass is 10.1. The van der Waals surface area contributed by atoms with E-state index in [-0.39, 0.29) is 29.7 Å². The number of aryl methyl sites for hydroxylation is 1. The Bertz CT molecular complexity index is 807. The van der Waals surface area contributed by atoms with Crippen LogP contribution in [0.25, 0.3) is 0 Å². The lowest BCUT2D eigenvalue weighted by molar-refractivity contribution is 0.592. The van der Waals surface area contributed by atoms with Gasteiger partial charge in [-0.25, -0.2) is 13.4 Å². The van der Waals surface area contributed by atoms with Crippen molar-refractivity contribution in [2.24, 2.45) is 4.99 Å². The van der Waals surface area contributed by atoms with Crippen LogP contribution in [0.1, 0.15) is 24.5 Å². The van der Waals surface area contributed by atoms with Crippen molar-refractivity contribution in [3.8, 4) is 0 Å². The average Bonchev–Trinajstić information content (AvgIpc) is 2.65. The third-order valence-corrected chi connectivity index (χ3v) is 5.69. The van der Waals surface area contributed by atoms with Crippen molar-refractivity contribution >= 4 is 39.8 Å². The Hall–Kier alpha value is -1.61. The van der Waals surface area contributed by atoms with Gasteiger partial charge < -0.3 is 10.6 Å². The van der Waals surface area contributed by atoms with Crippen molar-refractivity contribution in [3.05, 3.63) is 65.7 Å². The van der Waals surface area contributed by atoms with Crippen molar-refractivity contribution in [3.63, 3.8) is 0 Å². The molecule has 0 amide bonds. The van der Waals surface area contributed by atoms with E-state index in [1.54, 1.807) is 24.3 Å². The monoisotopic (exact) mass is 501 g/mol. The van der Waals surface area contributed by atoms with Gasteiger partial charge in [0.05, 0.1) is 17.2 Å². The number of hydrogen-bond acceptors (Lipinski definition) is 3. The van der Waals surface area contributed by atoms with Gasteiger partial charge in [0.2, 0.25) is 0 Å². The highest BCUT2D eigenvalue weighted by Gasteiger charge is 2.13. The molecular formula is C20H28IN3O2S. The molecule has 5 nitrogen and oxygen atoms in total. The van der Waals surface area contributed by atoms with Crippen LogP contribution in [-0.4, -0.2) is 33.2 Å². The quantitative estimate of drug-likeness (QED) is 0.251. The summed E-state index contributed by atoms with van der Waals surface area (Å²) >= 11 is 0. The van der Waals surface area contributed by atoms with E-state index >= 15 is 0 Å². The molecule has 7 heteroatoms. The molecule has 0 saturated heterocycles. The summed E-state index contributed by atoms with van der Waals surface area (Å²) in [5.74, 6) is 0.812. The maximum atomic E-state index is 12.3. The molecule has 2 rings (SSSR count). The van der Waals surface area contributed by atoms with E-state index in [4.69, 9.17) is 0 Å². The number of rotatable bonds is 8. The lowest BCUT2D eigenvalue weighted by Gasteiger charge is -2.11. The predicted molar refractivity (Wildman–Crippen MR) is 123 cm³/mol. The summed E-state index contributed by atoms with van der Waals surface area (Å²) < 4.78 is 24.5. The maximum absolute atomic E-state index is 12.3. The molecule has 0 radical (unpaired) electrons. The molecule has 2 N–H and O–H groups in total. The summed E-state index contributed by atoms with van der Waals surface area (Å²) in [5, 5.41) is 6.38. The van der Waals surface area contributed by atoms with Crippen LogP contribution in [0.15, 0.2) is 64.5 Å². The molecule has 0 heterocycles. The van der Waals surface area contributed by atoms with E-state index in [1.165, 1.54) is 5.56 Å². The number of benzene rings is 2. The molecule has 0 spiro atoms. The summed E-state index contributed by atoms with van der Waals surface area (Å²) in [4.78, 5) is 4.93. The van der Waals surface area contributed by atoms with Gasteiger partial charge in [-0.05, 0) is 38.0 Å². The summed E-state index contributed by atoms with van der Waals surface area (Å²) in [7, 11) is -3.23. The Morgan fingerprint density at radius 2 is 1.67 bits per heavy atom. The number of nitrogens with zero attached hydrogens (tertiary/aromatic N) is 1. The molecule has 0 unspecified atom stereocenters. The zero-order valence-corrected chi connectivity index (χ0v) is 19.0. The van der Waals surface area contributed by atoms with Crippen molar-refractivity contribution in [1.29, 1.82) is 0 Å². The smallest absolute Gasteiger partial charge is 0.191 e. The van der Waals surface area contributed by atoms with Gasteiger partial charge in [0.25, 0.3) is 0 Å². The zero-order valence-electron chi connectivity index (χ0n) is 15.8. The first-order chi connectivity index (χ1) is 12.5. The van der Waals surface area contributed by atoms with Crippen LogP contribution in [-0.2, 0) is 16.4 Å². The predicted octanol–water partition coefficient (Wildman–Crippen LogP) is 3.53. The van der Waals surface area contributed by atoms with Gasteiger partial charge in [-0.2, -0.15) is 0 Å². The molecule has 0 saturated carbocycles. The summed E-state index contributed by atoms with van der Waals surface area (Å²) in [6.07, 6.45) is 0.520. The highest BCUT2D eigenvalue weighted by molar-refractivity contribution is 14.0. The number of hydrogen-bond donors (Lipinski definition) is 2. The molecule has 0 aromatic heterocycles. The highest BCUT2D eigenvalue weighted by Crippen LogP contribution is 2.10. The second-order valence-electron chi connectivity index (χ2n) is 6.09. The van der Waals surface area contributed by atoms with Gasteiger partial charge in [0.1, 0.15) is 0 Å². The van der Waals surface area contributed by atoms with E-state index in [2.05, 4.69) is 46.8 Å². The standard InChI is InChI=1S/C20H27N3O2S.HI/c1-3-21-20(23-16-18-12-10-17(2)11-13-18)22-14-7-15-26(24,25)19-8-5-4-6-9-19;/h4-6,8-13H,3,7,14-16H2,1-2H3,(H2,21,22,23);1H. The van der Waals surface area contributed by atoms with Crippen LogP contribution in [0.5, 0.6) is 0 Å². The molecule has 0 fully saturated rings. The van der Waals surface area contributed by atoms with E-state index in [0.29, 0.717) is 30.4 Å². The Labute approximate surface area is 179 Å². The van der Waals surface area contributed by atoms with Crippen molar-refractivity contribution in [1.82, 2.24) is 10.6 Å². The van der Waals surface area contributed by atoms with Gasteiger partial charge in [0, 0.05) is 13.1 Å². The first-order valence-electron chi connectivity index (χ1n) is 8.87. The molecule has 148 valence electrons. The molecule has 27 heavy (non-hydrogen) atoms. The number of halogens is 1. The fourth-order valence-electron chi connectivity index (χ4n) is 2.42. The van der Waals surface area contributed by atoms with Crippen LogP contribution in [0.4, 0.5) is 0 Å². The molecule has 0 aliphatic carbocycles. The molecule has 0 aliphatic rings. The van der Waals surface area contributed by atoms with Crippen molar-refractivity contribution in [2.75, 3.05) is 18.8 Å². The molecule has 2 aromatic carbocycles. The largest absolute Gasteiger partial charge is 0.357 e. The minimum Gasteiger partial charge on any atom is -0.357 e. The third-order valence-electron chi connectivity index (χ3n) is 3.87. The zero-order chi connectivity index (χ0) is 18.8. The van der Waals surface area contributed by atoms with Crippen LogP contribution in [0, 0.1) is 6.92 Å². The molecule has 0 atom stereocenters. The number of sulfone groups is 1. The average molecular weight is 501 g/mol. The Morgan fingerprint density at radius 1 is 1.00 bits per heavy atom. The third kappa shape index (κ3) is 8.30. The Morgan fingerprint density at radius 3 is 2.30 bits per heavy atom. The van der Waals surface area contributed by atoms with Crippen molar-refractivity contribution in [2.45, 2.75) is 31.7 Å². The maximum Gasteiger partial charge on any atom is 0.191 e. The number of guanidine groups is 1. The number of aliphatic imine (C=N–C) groups is 1. The Kier molecular flexibility index (Phi) is 10.4. The molecule has 0 bridgehead atoms. The topological polar surface area (TPSA) is 70.6 Å². The number of nitrogens with one attached hydrogen (secondary N) is 2. The van der Waals surface area contributed by atoms with Crippen molar-refractivity contribution < 1.29 is 8.42 Å². The van der Waals surface area contributed by atoms with Crippen LogP contribution >= 0.6 is 24.0 Å². The normalized spacial score (nSPS) is 11.6. The van der Waals surface area contributed by atoms with Crippen LogP contribution in [0.3, 0.4) is 0 Å². The fourth-order valence-corrected chi connectivity index (χ4v) is 3.75. The van der Waals surface area contributed by atoms with Crippen LogP contribution in [0.2, 0.25) is 0 Å². The summed E-state index contributed by atoms with van der Waals surface area (Å²) in [5.41, 5.74) is 2.36. The lowest BCUT2D eigenvalue weighted by Crippen LogP contribution is -2.38. The minimum atomic E-state index is -3.23.